The van der Waals surface area contributed by atoms with Crippen LogP contribution in [0.25, 0.3) is 0 Å². The smallest absolute Gasteiger partial charge is 0.241 e. The van der Waals surface area contributed by atoms with Crippen LogP contribution in [0.1, 0.15) is 27.9 Å². The minimum absolute atomic E-state index is 0.205. The zero-order valence-electron chi connectivity index (χ0n) is 12.3. The standard InChI is InChI=1S/C14H19N3O2S2/c1-4-12-7-16-13(20-12)8-17-21(18,19)14-9(2)5-11(15)6-10(14)3/h5-7,17H,4,8,15H2,1-3H3. The van der Waals surface area contributed by atoms with Crippen LogP contribution in [-0.4, -0.2) is 13.4 Å². The van der Waals surface area contributed by atoms with E-state index in [1.807, 2.05) is 6.92 Å². The highest BCUT2D eigenvalue weighted by atomic mass is 32.2. The van der Waals surface area contributed by atoms with Crippen molar-refractivity contribution in [3.63, 3.8) is 0 Å². The van der Waals surface area contributed by atoms with Gasteiger partial charge in [-0.25, -0.2) is 18.1 Å². The molecule has 0 aliphatic rings. The van der Waals surface area contributed by atoms with Crippen LogP contribution in [0.3, 0.4) is 0 Å². The predicted molar refractivity (Wildman–Crippen MR) is 85.8 cm³/mol. The molecule has 21 heavy (non-hydrogen) atoms. The molecule has 0 spiro atoms. The lowest BCUT2D eigenvalue weighted by Crippen LogP contribution is -2.24. The first-order valence-corrected chi connectivity index (χ1v) is 8.93. The lowest BCUT2D eigenvalue weighted by atomic mass is 10.1. The molecule has 1 heterocycles. The fraction of sp³-hybridized carbons (Fsp3) is 0.357. The van der Waals surface area contributed by atoms with Crippen molar-refractivity contribution in [3.05, 3.63) is 39.3 Å². The van der Waals surface area contributed by atoms with E-state index in [1.165, 1.54) is 11.3 Å². The van der Waals surface area contributed by atoms with Crippen molar-refractivity contribution >= 4 is 27.0 Å². The maximum Gasteiger partial charge on any atom is 0.241 e. The molecule has 0 fully saturated rings. The van der Waals surface area contributed by atoms with Crippen molar-refractivity contribution in [2.45, 2.75) is 38.6 Å². The van der Waals surface area contributed by atoms with Gasteiger partial charge in [0.2, 0.25) is 10.0 Å². The first kappa shape index (κ1) is 15.9. The number of anilines is 1. The minimum atomic E-state index is -3.57. The van der Waals surface area contributed by atoms with Crippen molar-refractivity contribution in [3.8, 4) is 0 Å². The summed E-state index contributed by atoms with van der Waals surface area (Å²) in [5, 5.41) is 0.765. The van der Waals surface area contributed by atoms with E-state index in [0.29, 0.717) is 21.7 Å². The fourth-order valence-electron chi connectivity index (χ4n) is 2.23. The number of nitrogen functional groups attached to an aromatic ring is 1. The highest BCUT2D eigenvalue weighted by Gasteiger charge is 2.20. The Morgan fingerprint density at radius 3 is 2.43 bits per heavy atom. The second-order valence-corrected chi connectivity index (χ2v) is 7.79. The number of sulfonamides is 1. The van der Waals surface area contributed by atoms with E-state index in [9.17, 15) is 8.42 Å². The van der Waals surface area contributed by atoms with E-state index in [-0.39, 0.29) is 6.54 Å². The maximum absolute atomic E-state index is 12.5. The lowest BCUT2D eigenvalue weighted by Gasteiger charge is -2.12. The van der Waals surface area contributed by atoms with E-state index in [4.69, 9.17) is 5.73 Å². The number of nitrogens with zero attached hydrogens (tertiary/aromatic N) is 1. The lowest BCUT2D eigenvalue weighted by molar-refractivity contribution is 0.580. The molecule has 0 amide bonds. The number of aromatic nitrogens is 1. The Kier molecular flexibility index (Phi) is 4.65. The molecule has 0 radical (unpaired) electrons. The Bertz CT molecular complexity index is 728. The van der Waals surface area contributed by atoms with Crippen LogP contribution >= 0.6 is 11.3 Å². The van der Waals surface area contributed by atoms with E-state index in [0.717, 1.165) is 16.3 Å². The van der Waals surface area contributed by atoms with Gasteiger partial charge in [0.15, 0.2) is 0 Å². The molecule has 0 aliphatic heterocycles. The maximum atomic E-state index is 12.5. The number of thiazole rings is 1. The number of aryl methyl sites for hydroxylation is 3. The van der Waals surface area contributed by atoms with Gasteiger partial charge < -0.3 is 5.73 Å². The van der Waals surface area contributed by atoms with Gasteiger partial charge in [-0.05, 0) is 43.5 Å². The summed E-state index contributed by atoms with van der Waals surface area (Å²) in [4.78, 5) is 5.65. The third-order valence-corrected chi connectivity index (χ3v) is 5.96. The predicted octanol–water partition coefficient (Wildman–Crippen LogP) is 2.38. The van der Waals surface area contributed by atoms with Gasteiger partial charge in [0.25, 0.3) is 0 Å². The molecule has 0 unspecified atom stereocenters. The van der Waals surface area contributed by atoms with E-state index < -0.39 is 10.0 Å². The highest BCUT2D eigenvalue weighted by molar-refractivity contribution is 7.89. The van der Waals surface area contributed by atoms with Gasteiger partial charge in [-0.2, -0.15) is 0 Å². The van der Waals surface area contributed by atoms with Crippen LogP contribution in [0.2, 0.25) is 0 Å². The van der Waals surface area contributed by atoms with Gasteiger partial charge in [-0.15, -0.1) is 11.3 Å². The summed E-state index contributed by atoms with van der Waals surface area (Å²) in [5.41, 5.74) is 7.59. The van der Waals surface area contributed by atoms with Gasteiger partial charge in [-0.3, -0.25) is 0 Å². The van der Waals surface area contributed by atoms with Crippen molar-refractivity contribution < 1.29 is 8.42 Å². The second kappa shape index (κ2) is 6.13. The van der Waals surface area contributed by atoms with E-state index >= 15 is 0 Å². The van der Waals surface area contributed by atoms with E-state index in [1.54, 1.807) is 32.2 Å². The molecular weight excluding hydrogens is 306 g/mol. The first-order valence-electron chi connectivity index (χ1n) is 6.63. The molecule has 114 valence electrons. The van der Waals surface area contributed by atoms with Crippen LogP contribution < -0.4 is 10.5 Å². The summed E-state index contributed by atoms with van der Waals surface area (Å²) in [6.45, 7) is 5.74. The Morgan fingerprint density at radius 2 is 1.90 bits per heavy atom. The number of hydrogen-bond donors (Lipinski definition) is 2. The summed E-state index contributed by atoms with van der Waals surface area (Å²) >= 11 is 1.52. The molecule has 1 aromatic heterocycles. The summed E-state index contributed by atoms with van der Waals surface area (Å²) < 4.78 is 27.5. The van der Waals surface area contributed by atoms with Crippen LogP contribution in [0.5, 0.6) is 0 Å². The Hall–Kier alpha value is -1.44. The number of rotatable bonds is 5. The van der Waals surface area contributed by atoms with Gasteiger partial charge in [0.05, 0.1) is 11.4 Å². The topological polar surface area (TPSA) is 85.1 Å². The summed E-state index contributed by atoms with van der Waals surface area (Å²) in [6, 6.07) is 3.33. The van der Waals surface area contributed by atoms with Gasteiger partial charge in [-0.1, -0.05) is 6.92 Å². The van der Waals surface area contributed by atoms with Gasteiger partial charge in [0, 0.05) is 16.8 Å². The molecule has 7 heteroatoms. The zero-order valence-corrected chi connectivity index (χ0v) is 13.9. The number of hydrogen-bond acceptors (Lipinski definition) is 5. The summed E-state index contributed by atoms with van der Waals surface area (Å²) in [6.07, 6.45) is 2.69. The summed E-state index contributed by atoms with van der Waals surface area (Å²) in [7, 11) is -3.57. The molecule has 0 aliphatic carbocycles. The molecule has 2 rings (SSSR count). The van der Waals surface area contributed by atoms with Crippen LogP contribution in [0.4, 0.5) is 5.69 Å². The largest absolute Gasteiger partial charge is 0.399 e. The molecule has 0 saturated heterocycles. The normalized spacial score (nSPS) is 11.8. The highest BCUT2D eigenvalue weighted by Crippen LogP contribution is 2.23. The second-order valence-electron chi connectivity index (χ2n) is 4.88. The van der Waals surface area contributed by atoms with Crippen LogP contribution in [0, 0.1) is 13.8 Å². The summed E-state index contributed by atoms with van der Waals surface area (Å²) in [5.74, 6) is 0. The Balaban J connectivity index is 2.23. The van der Waals surface area contributed by atoms with Crippen molar-refractivity contribution in [1.29, 1.82) is 0 Å². The fourth-order valence-corrected chi connectivity index (χ4v) is 4.56. The van der Waals surface area contributed by atoms with Crippen LogP contribution in [0.15, 0.2) is 23.2 Å². The molecule has 0 atom stereocenters. The minimum Gasteiger partial charge on any atom is -0.399 e. The van der Waals surface area contributed by atoms with Crippen molar-refractivity contribution in [2.24, 2.45) is 0 Å². The Morgan fingerprint density at radius 1 is 1.29 bits per heavy atom. The zero-order chi connectivity index (χ0) is 15.6. The molecule has 5 nitrogen and oxygen atoms in total. The molecule has 1 aromatic carbocycles. The molecule has 2 aromatic rings. The van der Waals surface area contributed by atoms with Crippen molar-refractivity contribution in [2.75, 3.05) is 5.73 Å². The van der Waals surface area contributed by atoms with Gasteiger partial charge >= 0.3 is 0 Å². The first-order chi connectivity index (χ1) is 9.83. The van der Waals surface area contributed by atoms with Crippen molar-refractivity contribution in [1.82, 2.24) is 9.71 Å². The third-order valence-electron chi connectivity index (χ3n) is 3.11. The van der Waals surface area contributed by atoms with E-state index in [2.05, 4.69) is 9.71 Å². The quantitative estimate of drug-likeness (QED) is 0.827. The monoisotopic (exact) mass is 325 g/mol. The number of nitrogens with one attached hydrogen (secondary N) is 1. The molecular formula is C14H19N3O2S2. The number of benzene rings is 1. The van der Waals surface area contributed by atoms with Gasteiger partial charge in [0.1, 0.15) is 5.01 Å². The SMILES string of the molecule is CCc1cnc(CNS(=O)(=O)c2c(C)cc(N)cc2C)s1. The number of nitrogens with two attached hydrogens (primary N) is 1. The average molecular weight is 325 g/mol. The molecule has 0 saturated carbocycles. The average Bonchev–Trinajstić information content (AvgIpc) is 2.82. The third kappa shape index (κ3) is 3.61. The van der Waals surface area contributed by atoms with Crippen LogP contribution in [-0.2, 0) is 23.0 Å². The Labute approximate surface area is 129 Å². The molecule has 0 bridgehead atoms. The molecule has 3 N–H and O–H groups in total.